The van der Waals surface area contributed by atoms with Gasteiger partial charge >= 0.3 is 5.69 Å². The van der Waals surface area contributed by atoms with Crippen LogP contribution in [0.25, 0.3) is 11.1 Å². The molecule has 0 saturated carbocycles. The highest BCUT2D eigenvalue weighted by Gasteiger charge is 2.22. The van der Waals surface area contributed by atoms with Gasteiger partial charge in [-0.2, -0.15) is 11.8 Å². The molecule has 1 heterocycles. The number of nitrogens with zero attached hydrogens (tertiary/aromatic N) is 2. The summed E-state index contributed by atoms with van der Waals surface area (Å²) >= 11 is 1.75. The van der Waals surface area contributed by atoms with Gasteiger partial charge in [0, 0.05) is 23.9 Å². The van der Waals surface area contributed by atoms with Crippen molar-refractivity contribution < 1.29 is 14.4 Å². The number of methoxy groups -OCH3 is 1. The first kappa shape index (κ1) is 25.0. The molecule has 0 atom stereocenters. The monoisotopic (exact) mass is 455 g/mol. The van der Waals surface area contributed by atoms with Crippen molar-refractivity contribution in [2.75, 3.05) is 31.5 Å². The van der Waals surface area contributed by atoms with Gasteiger partial charge in [-0.15, -0.1) is 0 Å². The largest absolute Gasteiger partial charge is 0.493 e. The minimum atomic E-state index is -0.392. The fourth-order valence-corrected chi connectivity index (χ4v) is 3.14. The predicted molar refractivity (Wildman–Crippen MR) is 132 cm³/mol. The number of nitro groups is 1. The molecule has 0 saturated heterocycles. The molecule has 170 valence electrons. The number of hydrogen-bond donors (Lipinski definition) is 1. The maximum Gasteiger partial charge on any atom is 0.314 e. The third-order valence-corrected chi connectivity index (χ3v) is 4.56. The summed E-state index contributed by atoms with van der Waals surface area (Å²) < 4.78 is 10.9. The molecule has 1 N–H and O–H groups in total. The summed E-state index contributed by atoms with van der Waals surface area (Å²) in [6.45, 7) is 4.52. The quantitative estimate of drug-likeness (QED) is 0.331. The van der Waals surface area contributed by atoms with E-state index >= 15 is 0 Å². The highest BCUT2D eigenvalue weighted by molar-refractivity contribution is 7.97. The van der Waals surface area contributed by atoms with Crippen LogP contribution in [0.4, 0.5) is 11.5 Å². The van der Waals surface area contributed by atoms with Crippen molar-refractivity contribution in [2.24, 2.45) is 0 Å². The number of aromatic nitrogens is 1. The zero-order chi connectivity index (χ0) is 23.5. The molecule has 0 aliphatic heterocycles. The van der Waals surface area contributed by atoms with E-state index in [0.717, 1.165) is 16.7 Å². The highest BCUT2D eigenvalue weighted by Crippen LogP contribution is 2.34. The zero-order valence-corrected chi connectivity index (χ0v) is 19.9. The molecule has 7 nitrogen and oxygen atoms in total. The number of anilines is 1. The van der Waals surface area contributed by atoms with Crippen molar-refractivity contribution in [2.45, 2.75) is 20.4 Å². The molecule has 0 spiro atoms. The van der Waals surface area contributed by atoms with Gasteiger partial charge in [0.25, 0.3) is 0 Å². The summed E-state index contributed by atoms with van der Waals surface area (Å²) in [4.78, 5) is 15.7. The van der Waals surface area contributed by atoms with E-state index in [2.05, 4.69) is 10.3 Å². The summed E-state index contributed by atoms with van der Waals surface area (Å²) in [6, 6.07) is 15.1. The molecule has 0 radical (unpaired) electrons. The average Bonchev–Trinajstić information content (AvgIpc) is 2.79. The van der Waals surface area contributed by atoms with E-state index in [1.165, 1.54) is 0 Å². The standard InChI is InChI=1S/C22H23N3O4.C2H6S/c1-4-29-20-12-16(10-11-19(20)28-3)13-23-22-21(25(26)27)15(2)18(14-24-22)17-8-6-5-7-9-17;1-3-2/h5-12,14H,4,13H2,1-3H3,(H,23,24);1-2H3. The van der Waals surface area contributed by atoms with E-state index in [1.54, 1.807) is 32.0 Å². The Morgan fingerprint density at radius 3 is 2.41 bits per heavy atom. The maximum absolute atomic E-state index is 11.7. The predicted octanol–water partition coefficient (Wildman–Crippen LogP) is 5.96. The molecule has 8 heteroatoms. The van der Waals surface area contributed by atoms with Gasteiger partial charge in [0.2, 0.25) is 5.82 Å². The molecule has 32 heavy (non-hydrogen) atoms. The molecule has 0 fully saturated rings. The van der Waals surface area contributed by atoms with Gasteiger partial charge in [0.15, 0.2) is 11.5 Å². The minimum Gasteiger partial charge on any atom is -0.493 e. The van der Waals surface area contributed by atoms with Gasteiger partial charge in [-0.3, -0.25) is 10.1 Å². The molecule has 0 aliphatic carbocycles. The average molecular weight is 456 g/mol. The van der Waals surface area contributed by atoms with Gasteiger partial charge < -0.3 is 14.8 Å². The van der Waals surface area contributed by atoms with Crippen LogP contribution in [-0.4, -0.2) is 36.1 Å². The van der Waals surface area contributed by atoms with Crippen molar-refractivity contribution in [1.29, 1.82) is 0 Å². The van der Waals surface area contributed by atoms with E-state index in [0.29, 0.717) is 30.2 Å². The van der Waals surface area contributed by atoms with Crippen molar-refractivity contribution >= 4 is 23.3 Å². The molecule has 0 bridgehead atoms. The number of ether oxygens (including phenoxy) is 2. The third kappa shape index (κ3) is 6.37. The second-order valence-corrected chi connectivity index (χ2v) is 7.61. The molecular weight excluding hydrogens is 426 g/mol. The first-order chi connectivity index (χ1) is 15.5. The number of rotatable bonds is 8. The molecule has 2 aromatic carbocycles. The fraction of sp³-hybridized carbons (Fsp3) is 0.292. The highest BCUT2D eigenvalue weighted by atomic mass is 32.2. The van der Waals surface area contributed by atoms with E-state index in [-0.39, 0.29) is 11.5 Å². The third-order valence-electron chi connectivity index (χ3n) is 4.56. The lowest BCUT2D eigenvalue weighted by Crippen LogP contribution is -2.07. The van der Waals surface area contributed by atoms with Crippen LogP contribution in [-0.2, 0) is 6.54 Å². The minimum absolute atomic E-state index is 0.0232. The van der Waals surface area contributed by atoms with Crippen LogP contribution in [0.2, 0.25) is 0 Å². The normalized spacial score (nSPS) is 10.0. The summed E-state index contributed by atoms with van der Waals surface area (Å²) in [5.41, 5.74) is 3.08. The lowest BCUT2D eigenvalue weighted by atomic mass is 10.0. The Morgan fingerprint density at radius 2 is 1.81 bits per heavy atom. The molecular formula is C24H29N3O4S. The van der Waals surface area contributed by atoms with E-state index < -0.39 is 4.92 Å². The van der Waals surface area contributed by atoms with Crippen LogP contribution in [0.1, 0.15) is 18.1 Å². The molecule has 0 amide bonds. The van der Waals surface area contributed by atoms with Gasteiger partial charge in [-0.05, 0) is 49.6 Å². The van der Waals surface area contributed by atoms with Crippen molar-refractivity contribution in [3.63, 3.8) is 0 Å². The second-order valence-electron chi connectivity index (χ2n) is 6.80. The lowest BCUT2D eigenvalue weighted by Gasteiger charge is -2.13. The summed E-state index contributed by atoms with van der Waals surface area (Å²) in [5.74, 6) is 1.51. The first-order valence-electron chi connectivity index (χ1n) is 10.1. The Hall–Kier alpha value is -3.26. The Balaban J connectivity index is 0.00000114. The smallest absolute Gasteiger partial charge is 0.314 e. The Labute approximate surface area is 193 Å². The number of thioether (sulfide) groups is 1. The van der Waals surface area contributed by atoms with Gasteiger partial charge in [-0.25, -0.2) is 4.98 Å². The Morgan fingerprint density at radius 1 is 1.12 bits per heavy atom. The van der Waals surface area contributed by atoms with Gasteiger partial charge in [0.1, 0.15) is 0 Å². The summed E-state index contributed by atoms with van der Waals surface area (Å²) in [7, 11) is 1.58. The number of benzene rings is 2. The molecule has 0 unspecified atom stereocenters. The van der Waals surface area contributed by atoms with Gasteiger partial charge in [-0.1, -0.05) is 36.4 Å². The Bertz CT molecular complexity index is 1030. The Kier molecular flexibility index (Phi) is 9.81. The second kappa shape index (κ2) is 12.6. The summed E-state index contributed by atoms with van der Waals surface area (Å²) in [6.07, 6.45) is 5.75. The van der Waals surface area contributed by atoms with Crippen LogP contribution in [0.5, 0.6) is 11.5 Å². The molecule has 3 rings (SSSR count). The SMILES string of the molecule is CCOc1cc(CNc2ncc(-c3ccccc3)c(C)c2[N+](=O)[O-])ccc1OC.CSC. The van der Waals surface area contributed by atoms with Gasteiger partial charge in [0.05, 0.1) is 18.6 Å². The lowest BCUT2D eigenvalue weighted by molar-refractivity contribution is -0.384. The van der Waals surface area contributed by atoms with Crippen LogP contribution < -0.4 is 14.8 Å². The van der Waals surface area contributed by atoms with E-state index in [1.807, 2.05) is 68.0 Å². The molecule has 0 aliphatic rings. The van der Waals surface area contributed by atoms with Crippen LogP contribution in [0.15, 0.2) is 54.7 Å². The summed E-state index contributed by atoms with van der Waals surface area (Å²) in [5, 5.41) is 14.8. The first-order valence-corrected chi connectivity index (χ1v) is 11.7. The topological polar surface area (TPSA) is 86.5 Å². The molecule has 3 aromatic rings. The van der Waals surface area contributed by atoms with Crippen molar-refractivity contribution in [1.82, 2.24) is 4.98 Å². The zero-order valence-electron chi connectivity index (χ0n) is 19.0. The van der Waals surface area contributed by atoms with E-state index in [9.17, 15) is 10.1 Å². The maximum atomic E-state index is 11.7. The van der Waals surface area contributed by atoms with E-state index in [4.69, 9.17) is 9.47 Å². The fourth-order valence-electron chi connectivity index (χ4n) is 3.14. The van der Waals surface area contributed by atoms with Crippen LogP contribution in [0, 0.1) is 17.0 Å². The number of pyridine rings is 1. The van der Waals surface area contributed by atoms with Crippen molar-refractivity contribution in [3.8, 4) is 22.6 Å². The van der Waals surface area contributed by atoms with Crippen LogP contribution in [0.3, 0.4) is 0 Å². The van der Waals surface area contributed by atoms with Crippen LogP contribution >= 0.6 is 11.8 Å². The molecule has 1 aromatic heterocycles. The van der Waals surface area contributed by atoms with Crippen molar-refractivity contribution in [3.05, 3.63) is 76.0 Å². The number of nitrogens with one attached hydrogen (secondary N) is 1. The number of hydrogen-bond acceptors (Lipinski definition) is 7.